The molecule has 0 amide bonds. The van der Waals surface area contributed by atoms with E-state index in [-0.39, 0.29) is 5.78 Å². The van der Waals surface area contributed by atoms with E-state index < -0.39 is 0 Å². The minimum atomic E-state index is -0.0720. The first-order valence-electron chi connectivity index (χ1n) is 8.28. The Morgan fingerprint density at radius 2 is 1.84 bits per heavy atom. The number of aryl methyl sites for hydroxylation is 1. The van der Waals surface area contributed by atoms with Gasteiger partial charge in [-0.25, -0.2) is 0 Å². The van der Waals surface area contributed by atoms with Gasteiger partial charge in [-0.05, 0) is 36.8 Å². The summed E-state index contributed by atoms with van der Waals surface area (Å²) in [4.78, 5) is 12.4. The van der Waals surface area contributed by atoms with Crippen LogP contribution in [0, 0.1) is 0 Å². The number of allylic oxidation sites excluding steroid dienone is 1. The lowest BCUT2D eigenvalue weighted by molar-refractivity contribution is 0.103. The van der Waals surface area contributed by atoms with Gasteiger partial charge in [-0.2, -0.15) is 5.10 Å². The Bertz CT molecular complexity index is 866. The van der Waals surface area contributed by atoms with E-state index in [1.165, 1.54) is 0 Å². The first-order chi connectivity index (χ1) is 12.3. The molecule has 1 aromatic heterocycles. The fourth-order valence-electron chi connectivity index (χ4n) is 2.53. The molecule has 3 rings (SSSR count). The van der Waals surface area contributed by atoms with Gasteiger partial charge in [-0.1, -0.05) is 48.5 Å². The molecule has 3 aromatic rings. The average Bonchev–Trinajstić information content (AvgIpc) is 3.15. The molecule has 0 atom stereocenters. The molecule has 0 saturated heterocycles. The Labute approximate surface area is 147 Å². The molecule has 4 nitrogen and oxygen atoms in total. The molecule has 25 heavy (non-hydrogen) atoms. The Hall–Kier alpha value is -3.14. The number of carbonyl (C=O) groups excluding carboxylic acids is 1. The molecule has 0 radical (unpaired) electrons. The highest BCUT2D eigenvalue weighted by atomic mass is 16.5. The Balaban J connectivity index is 1.73. The van der Waals surface area contributed by atoms with E-state index in [4.69, 9.17) is 4.74 Å². The third kappa shape index (κ3) is 4.23. The number of hydrogen-bond acceptors (Lipinski definition) is 3. The van der Waals surface area contributed by atoms with Crippen molar-refractivity contribution < 1.29 is 9.53 Å². The Kier molecular flexibility index (Phi) is 5.42. The number of rotatable bonds is 7. The van der Waals surface area contributed by atoms with Crippen LogP contribution in [0.1, 0.15) is 28.5 Å². The van der Waals surface area contributed by atoms with Gasteiger partial charge >= 0.3 is 0 Å². The van der Waals surface area contributed by atoms with Gasteiger partial charge in [0.15, 0.2) is 0 Å². The van der Waals surface area contributed by atoms with Gasteiger partial charge in [0.05, 0.1) is 0 Å². The molecule has 0 spiro atoms. The molecular weight excluding hydrogens is 312 g/mol. The maximum Gasteiger partial charge on any atom is 0.203 e. The van der Waals surface area contributed by atoms with Gasteiger partial charge in [-0.15, -0.1) is 0 Å². The van der Waals surface area contributed by atoms with E-state index in [2.05, 4.69) is 5.10 Å². The fraction of sp³-hybridized carbons (Fsp3) is 0.143. The second kappa shape index (κ2) is 8.11. The normalized spacial score (nSPS) is 10.9. The van der Waals surface area contributed by atoms with Crippen LogP contribution in [0.3, 0.4) is 0 Å². The smallest absolute Gasteiger partial charge is 0.203 e. The third-order valence-electron chi connectivity index (χ3n) is 3.84. The molecule has 1 heterocycles. The van der Waals surface area contributed by atoms with Crippen LogP contribution in [0.5, 0.6) is 5.75 Å². The van der Waals surface area contributed by atoms with Crippen LogP contribution in [0.25, 0.3) is 6.08 Å². The number of aromatic nitrogens is 2. The molecule has 0 aliphatic carbocycles. The summed E-state index contributed by atoms with van der Waals surface area (Å²) in [5, 5.41) is 4.13. The second-order valence-electron chi connectivity index (χ2n) is 5.54. The second-order valence-corrected chi connectivity index (χ2v) is 5.54. The quantitative estimate of drug-likeness (QED) is 0.476. The van der Waals surface area contributed by atoms with Crippen LogP contribution < -0.4 is 4.74 Å². The van der Waals surface area contributed by atoms with Crippen LogP contribution >= 0.6 is 0 Å². The Morgan fingerprint density at radius 3 is 2.64 bits per heavy atom. The van der Waals surface area contributed by atoms with Crippen molar-refractivity contribution in [2.75, 3.05) is 0 Å². The maximum atomic E-state index is 12.4. The molecular formula is C21H20N2O2. The SMILES string of the molecule is CCn1nccc1C(=O)/C=C/c1ccccc1OCc1ccccc1. The summed E-state index contributed by atoms with van der Waals surface area (Å²) in [5.74, 6) is 0.677. The molecule has 0 aliphatic rings. The summed E-state index contributed by atoms with van der Waals surface area (Å²) in [6, 6.07) is 19.4. The minimum absolute atomic E-state index is 0.0720. The predicted molar refractivity (Wildman–Crippen MR) is 98.5 cm³/mol. The highest BCUT2D eigenvalue weighted by Crippen LogP contribution is 2.21. The van der Waals surface area contributed by atoms with Gasteiger partial charge in [0.2, 0.25) is 5.78 Å². The average molecular weight is 332 g/mol. The topological polar surface area (TPSA) is 44.1 Å². The third-order valence-corrected chi connectivity index (χ3v) is 3.84. The van der Waals surface area contributed by atoms with E-state index in [9.17, 15) is 4.79 Å². The summed E-state index contributed by atoms with van der Waals surface area (Å²) in [7, 11) is 0. The summed E-state index contributed by atoms with van der Waals surface area (Å²) >= 11 is 0. The van der Waals surface area contributed by atoms with E-state index in [0.717, 1.165) is 16.9 Å². The maximum absolute atomic E-state index is 12.4. The summed E-state index contributed by atoms with van der Waals surface area (Å²) < 4.78 is 7.60. The lowest BCUT2D eigenvalue weighted by atomic mass is 10.1. The van der Waals surface area contributed by atoms with E-state index >= 15 is 0 Å². The van der Waals surface area contributed by atoms with Gasteiger partial charge in [0.1, 0.15) is 18.1 Å². The lowest BCUT2D eigenvalue weighted by Crippen LogP contribution is -2.07. The molecule has 4 heteroatoms. The molecule has 0 unspecified atom stereocenters. The van der Waals surface area contributed by atoms with Crippen molar-refractivity contribution in [2.45, 2.75) is 20.1 Å². The fourth-order valence-corrected chi connectivity index (χ4v) is 2.53. The summed E-state index contributed by atoms with van der Waals surface area (Å²) in [6.45, 7) is 3.11. The molecule has 2 aromatic carbocycles. The number of ether oxygens (including phenoxy) is 1. The van der Waals surface area contributed by atoms with Crippen LogP contribution in [0.2, 0.25) is 0 Å². The van der Waals surface area contributed by atoms with E-state index in [1.54, 1.807) is 29.1 Å². The monoisotopic (exact) mass is 332 g/mol. The lowest BCUT2D eigenvalue weighted by Gasteiger charge is -2.09. The predicted octanol–water partition coefficient (Wildman–Crippen LogP) is 4.38. The van der Waals surface area contributed by atoms with Crippen molar-refractivity contribution in [1.29, 1.82) is 0 Å². The van der Waals surface area contributed by atoms with Crippen molar-refractivity contribution in [1.82, 2.24) is 9.78 Å². The number of carbonyl (C=O) groups is 1. The zero-order valence-corrected chi connectivity index (χ0v) is 14.1. The number of ketones is 1. The number of hydrogen-bond donors (Lipinski definition) is 0. The van der Waals surface area contributed by atoms with Crippen molar-refractivity contribution in [3.8, 4) is 5.75 Å². The number of benzene rings is 2. The van der Waals surface area contributed by atoms with Crippen LogP contribution in [0.15, 0.2) is 72.9 Å². The van der Waals surface area contributed by atoms with Crippen LogP contribution in [-0.4, -0.2) is 15.6 Å². The van der Waals surface area contributed by atoms with E-state index in [0.29, 0.717) is 18.8 Å². The number of para-hydroxylation sites is 1. The number of nitrogens with zero attached hydrogens (tertiary/aromatic N) is 2. The van der Waals surface area contributed by atoms with Crippen molar-refractivity contribution in [3.63, 3.8) is 0 Å². The van der Waals surface area contributed by atoms with Gasteiger partial charge in [0, 0.05) is 18.3 Å². The molecule has 0 fully saturated rings. The molecule has 0 aliphatic heterocycles. The molecule has 0 N–H and O–H groups in total. The van der Waals surface area contributed by atoms with E-state index in [1.807, 2.05) is 61.5 Å². The minimum Gasteiger partial charge on any atom is -0.488 e. The highest BCUT2D eigenvalue weighted by Gasteiger charge is 2.08. The Morgan fingerprint density at radius 1 is 1.08 bits per heavy atom. The van der Waals surface area contributed by atoms with Crippen LogP contribution in [0.4, 0.5) is 0 Å². The molecule has 0 saturated carbocycles. The van der Waals surface area contributed by atoms with Crippen molar-refractivity contribution in [2.24, 2.45) is 0 Å². The van der Waals surface area contributed by atoms with Gasteiger partial charge in [-0.3, -0.25) is 9.48 Å². The van der Waals surface area contributed by atoms with Crippen molar-refractivity contribution in [3.05, 3.63) is 89.8 Å². The molecule has 126 valence electrons. The first-order valence-corrected chi connectivity index (χ1v) is 8.28. The van der Waals surface area contributed by atoms with Crippen LogP contribution in [-0.2, 0) is 13.2 Å². The molecule has 0 bridgehead atoms. The highest BCUT2D eigenvalue weighted by molar-refractivity contribution is 6.05. The van der Waals surface area contributed by atoms with Crippen molar-refractivity contribution >= 4 is 11.9 Å². The summed E-state index contributed by atoms with van der Waals surface area (Å²) in [5.41, 5.74) is 2.56. The zero-order valence-electron chi connectivity index (χ0n) is 14.1. The first kappa shape index (κ1) is 16.7. The van der Waals surface area contributed by atoms with Gasteiger partial charge in [0.25, 0.3) is 0 Å². The van der Waals surface area contributed by atoms with Gasteiger partial charge < -0.3 is 4.74 Å². The summed E-state index contributed by atoms with van der Waals surface area (Å²) in [6.07, 6.45) is 4.99. The standard InChI is InChI=1S/C21H20N2O2/c1-2-23-19(14-15-22-23)20(24)13-12-18-10-6-7-11-21(18)25-16-17-8-4-3-5-9-17/h3-15H,2,16H2,1H3/b13-12+. The zero-order chi connectivity index (χ0) is 17.5. The largest absolute Gasteiger partial charge is 0.488 e.